The molecule has 136 valence electrons. The van der Waals surface area contributed by atoms with Crippen LogP contribution in [0.2, 0.25) is 5.02 Å². The minimum absolute atomic E-state index is 0.0625. The normalized spacial score (nSPS) is 14.0. The van der Waals surface area contributed by atoms with Crippen molar-refractivity contribution in [3.63, 3.8) is 0 Å². The fraction of sp³-hybridized carbons (Fsp3) is 0.125. The number of fused-ring (bicyclic) bond motifs is 1. The van der Waals surface area contributed by atoms with Gasteiger partial charge in [0.15, 0.2) is 18.1 Å². The Kier molecular flexibility index (Phi) is 4.56. The van der Waals surface area contributed by atoms with Crippen LogP contribution >= 0.6 is 11.6 Å². The second kappa shape index (κ2) is 6.68. The van der Waals surface area contributed by atoms with Crippen molar-refractivity contribution in [1.29, 1.82) is 0 Å². The highest BCUT2D eigenvalue weighted by molar-refractivity contribution is 6.31. The average Bonchev–Trinajstić information content (AvgIpc) is 2.85. The monoisotopic (exact) mass is 384 g/mol. The van der Waals surface area contributed by atoms with Crippen molar-refractivity contribution in [2.24, 2.45) is 0 Å². The van der Waals surface area contributed by atoms with Crippen molar-refractivity contribution in [2.75, 3.05) is 17.7 Å². The molecule has 1 aliphatic rings. The van der Waals surface area contributed by atoms with Gasteiger partial charge < -0.3 is 25.3 Å². The van der Waals surface area contributed by atoms with Gasteiger partial charge in [-0.15, -0.1) is 8.78 Å². The second-order valence-electron chi connectivity index (χ2n) is 5.18. The Balaban J connectivity index is 1.57. The van der Waals surface area contributed by atoms with Crippen molar-refractivity contribution >= 4 is 34.9 Å². The molecule has 0 fully saturated rings. The summed E-state index contributed by atoms with van der Waals surface area (Å²) in [5.41, 5.74) is 5.99. The summed E-state index contributed by atoms with van der Waals surface area (Å²) in [4.78, 5) is 23.8. The summed E-state index contributed by atoms with van der Waals surface area (Å²) in [6.07, 6.45) is -3.75. The number of carbonyl (C=O) groups excluding carboxylic acids is 2. The molecule has 1 amide bonds. The molecule has 3 N–H and O–H groups in total. The van der Waals surface area contributed by atoms with Crippen LogP contribution in [0.15, 0.2) is 36.4 Å². The molecule has 0 spiro atoms. The number of nitrogens with one attached hydrogen (secondary N) is 1. The fourth-order valence-electron chi connectivity index (χ4n) is 2.15. The van der Waals surface area contributed by atoms with Gasteiger partial charge in [0.1, 0.15) is 0 Å². The van der Waals surface area contributed by atoms with Crippen molar-refractivity contribution in [2.45, 2.75) is 6.29 Å². The minimum atomic E-state index is -3.75. The zero-order valence-electron chi connectivity index (χ0n) is 12.9. The van der Waals surface area contributed by atoms with Crippen molar-refractivity contribution < 1.29 is 32.6 Å². The van der Waals surface area contributed by atoms with E-state index >= 15 is 0 Å². The number of benzene rings is 2. The van der Waals surface area contributed by atoms with E-state index in [1.807, 2.05) is 0 Å². The van der Waals surface area contributed by atoms with Gasteiger partial charge in [0, 0.05) is 22.5 Å². The van der Waals surface area contributed by atoms with E-state index in [2.05, 4.69) is 14.8 Å². The Morgan fingerprint density at radius 2 is 1.88 bits per heavy atom. The van der Waals surface area contributed by atoms with Gasteiger partial charge in [-0.3, -0.25) is 4.79 Å². The number of hydrogen-bond donors (Lipinski definition) is 2. The van der Waals surface area contributed by atoms with E-state index in [1.165, 1.54) is 30.3 Å². The molecule has 1 aliphatic heterocycles. The first-order valence-electron chi connectivity index (χ1n) is 7.15. The lowest BCUT2D eigenvalue weighted by atomic mass is 10.2. The topological polar surface area (TPSA) is 99.9 Å². The van der Waals surface area contributed by atoms with Gasteiger partial charge in [-0.05, 0) is 30.3 Å². The molecule has 0 aliphatic carbocycles. The van der Waals surface area contributed by atoms with Crippen LogP contribution in [-0.2, 0) is 9.53 Å². The summed E-state index contributed by atoms with van der Waals surface area (Å²) >= 11 is 5.74. The van der Waals surface area contributed by atoms with E-state index in [1.54, 1.807) is 0 Å². The molecule has 0 radical (unpaired) electrons. The first-order chi connectivity index (χ1) is 12.2. The van der Waals surface area contributed by atoms with E-state index in [0.29, 0.717) is 5.02 Å². The van der Waals surface area contributed by atoms with Crippen molar-refractivity contribution in [3.8, 4) is 11.5 Å². The maximum Gasteiger partial charge on any atom is 0.586 e. The number of anilines is 2. The van der Waals surface area contributed by atoms with E-state index in [9.17, 15) is 18.4 Å². The third-order valence-electron chi connectivity index (χ3n) is 3.25. The molecule has 0 atom stereocenters. The van der Waals surface area contributed by atoms with Crippen molar-refractivity contribution in [3.05, 3.63) is 47.0 Å². The summed E-state index contributed by atoms with van der Waals surface area (Å²) in [5, 5.41) is 2.73. The largest absolute Gasteiger partial charge is 0.586 e. The van der Waals surface area contributed by atoms with Crippen LogP contribution in [0.1, 0.15) is 10.4 Å². The van der Waals surface area contributed by atoms with Gasteiger partial charge in [0.05, 0.1) is 5.56 Å². The maximum absolute atomic E-state index is 13.0. The number of nitrogen functional groups attached to an aromatic ring is 1. The molecule has 0 saturated carbocycles. The number of rotatable bonds is 4. The lowest BCUT2D eigenvalue weighted by Gasteiger charge is -2.08. The molecule has 0 aromatic heterocycles. The maximum atomic E-state index is 13.0. The summed E-state index contributed by atoms with van der Waals surface area (Å²) in [6, 6.07) is 7.91. The second-order valence-corrected chi connectivity index (χ2v) is 5.62. The zero-order valence-corrected chi connectivity index (χ0v) is 13.7. The van der Waals surface area contributed by atoms with E-state index in [-0.39, 0.29) is 28.4 Å². The summed E-state index contributed by atoms with van der Waals surface area (Å²) < 4.78 is 39.3. The third-order valence-corrected chi connectivity index (χ3v) is 3.49. The minimum Gasteiger partial charge on any atom is -0.452 e. The molecule has 1 heterocycles. The Bertz CT molecular complexity index is 891. The lowest BCUT2D eigenvalue weighted by Crippen LogP contribution is -2.25. The fourth-order valence-corrected chi connectivity index (χ4v) is 2.33. The van der Waals surface area contributed by atoms with Crippen molar-refractivity contribution in [1.82, 2.24) is 0 Å². The van der Waals surface area contributed by atoms with Crippen LogP contribution in [0.25, 0.3) is 0 Å². The van der Waals surface area contributed by atoms with Gasteiger partial charge >= 0.3 is 12.3 Å². The average molecular weight is 385 g/mol. The van der Waals surface area contributed by atoms with Crippen LogP contribution in [-0.4, -0.2) is 24.8 Å². The van der Waals surface area contributed by atoms with E-state index < -0.39 is 24.8 Å². The van der Waals surface area contributed by atoms with Gasteiger partial charge in [-0.25, -0.2) is 4.79 Å². The van der Waals surface area contributed by atoms with Crippen LogP contribution in [0.4, 0.5) is 20.2 Å². The molecule has 2 aromatic carbocycles. The van der Waals surface area contributed by atoms with E-state index in [4.69, 9.17) is 22.1 Å². The number of hydrogen-bond acceptors (Lipinski definition) is 6. The Morgan fingerprint density at radius 1 is 1.15 bits per heavy atom. The molecular weight excluding hydrogens is 374 g/mol. The first-order valence-corrected chi connectivity index (χ1v) is 7.53. The molecule has 0 bridgehead atoms. The van der Waals surface area contributed by atoms with Crippen LogP contribution in [0, 0.1) is 0 Å². The summed E-state index contributed by atoms with van der Waals surface area (Å²) in [7, 11) is 0. The summed E-state index contributed by atoms with van der Waals surface area (Å²) in [5.74, 6) is -1.87. The molecule has 26 heavy (non-hydrogen) atoms. The molecule has 3 rings (SSSR count). The Labute approximate surface area is 150 Å². The lowest BCUT2D eigenvalue weighted by molar-refractivity contribution is -0.286. The number of esters is 1. The Morgan fingerprint density at radius 3 is 2.62 bits per heavy atom. The molecule has 0 unspecified atom stereocenters. The highest BCUT2D eigenvalue weighted by Gasteiger charge is 2.43. The highest BCUT2D eigenvalue weighted by atomic mass is 35.5. The third kappa shape index (κ3) is 3.94. The summed E-state index contributed by atoms with van der Waals surface area (Å²) in [6.45, 7) is -0.606. The quantitative estimate of drug-likeness (QED) is 0.621. The smallest absolute Gasteiger partial charge is 0.452 e. The van der Waals surface area contributed by atoms with Gasteiger partial charge in [-0.2, -0.15) is 0 Å². The number of alkyl halides is 2. The van der Waals surface area contributed by atoms with Gasteiger partial charge in [-0.1, -0.05) is 11.6 Å². The number of halogens is 3. The standard InChI is InChI=1S/C16H11ClF2N2O5/c17-8-1-3-10(11(20)5-8)15(23)24-7-14(22)21-9-2-4-12-13(6-9)26-16(18,19)25-12/h1-6H,7,20H2,(H,21,22). The molecular formula is C16H11ClF2N2O5. The molecule has 2 aromatic rings. The number of ether oxygens (including phenoxy) is 3. The van der Waals surface area contributed by atoms with Crippen LogP contribution < -0.4 is 20.5 Å². The zero-order chi connectivity index (χ0) is 18.9. The molecule has 7 nitrogen and oxygen atoms in total. The first kappa shape index (κ1) is 17.7. The van der Waals surface area contributed by atoms with Gasteiger partial charge in [0.25, 0.3) is 5.91 Å². The SMILES string of the molecule is Nc1cc(Cl)ccc1C(=O)OCC(=O)Nc1ccc2c(c1)OC(F)(F)O2. The predicted octanol–water partition coefficient (Wildman–Crippen LogP) is 3.04. The van der Waals surface area contributed by atoms with Crippen LogP contribution in [0.5, 0.6) is 11.5 Å². The van der Waals surface area contributed by atoms with Gasteiger partial charge in [0.2, 0.25) is 0 Å². The number of carbonyl (C=O) groups is 2. The Hall–Kier alpha value is -3.07. The number of amides is 1. The van der Waals surface area contributed by atoms with E-state index in [0.717, 1.165) is 6.07 Å². The molecule has 0 saturated heterocycles. The molecule has 10 heteroatoms. The predicted molar refractivity (Wildman–Crippen MR) is 87.4 cm³/mol. The number of nitrogens with two attached hydrogens (primary N) is 1. The van der Waals surface area contributed by atoms with Crippen LogP contribution in [0.3, 0.4) is 0 Å². The highest BCUT2D eigenvalue weighted by Crippen LogP contribution is 2.42.